The van der Waals surface area contributed by atoms with Crippen molar-refractivity contribution in [3.05, 3.63) is 61.8 Å². The van der Waals surface area contributed by atoms with Gasteiger partial charge in [-0.25, -0.2) is 4.98 Å². The molecule has 140 valence electrons. The van der Waals surface area contributed by atoms with Crippen molar-refractivity contribution in [1.29, 1.82) is 0 Å². The maximum absolute atomic E-state index is 12.6. The van der Waals surface area contributed by atoms with Gasteiger partial charge in [-0.05, 0) is 31.2 Å². The molecule has 27 heavy (non-hydrogen) atoms. The molecule has 1 atom stereocenters. The van der Waals surface area contributed by atoms with Crippen LogP contribution in [0.4, 0.5) is 5.69 Å². The van der Waals surface area contributed by atoms with Crippen LogP contribution in [0, 0.1) is 0 Å². The van der Waals surface area contributed by atoms with Crippen molar-refractivity contribution in [3.63, 3.8) is 0 Å². The number of amides is 1. The molecule has 0 saturated carbocycles. The molecule has 5 nitrogen and oxygen atoms in total. The van der Waals surface area contributed by atoms with Gasteiger partial charge in [0.25, 0.3) is 5.56 Å². The smallest absolute Gasteiger partial charge is 0.261 e. The zero-order valence-corrected chi connectivity index (χ0v) is 17.4. The third-order valence-corrected chi connectivity index (χ3v) is 5.81. The highest BCUT2D eigenvalue weighted by molar-refractivity contribution is 8.00. The second-order valence-electron chi connectivity index (χ2n) is 5.77. The van der Waals surface area contributed by atoms with Gasteiger partial charge < -0.3 is 5.32 Å². The summed E-state index contributed by atoms with van der Waals surface area (Å²) >= 11 is 19.3. The minimum absolute atomic E-state index is 0.167. The molecule has 3 aromatic rings. The molecule has 0 bridgehead atoms. The second-order valence-corrected chi connectivity index (χ2v) is 8.33. The fourth-order valence-electron chi connectivity index (χ4n) is 2.40. The Balaban J connectivity index is 1.84. The summed E-state index contributed by atoms with van der Waals surface area (Å²) < 4.78 is 1.43. The summed E-state index contributed by atoms with van der Waals surface area (Å²) in [7, 11) is 1.63. The lowest BCUT2D eigenvalue weighted by Gasteiger charge is -2.15. The zero-order valence-electron chi connectivity index (χ0n) is 14.3. The van der Waals surface area contributed by atoms with Crippen LogP contribution >= 0.6 is 46.6 Å². The molecule has 3 rings (SSSR count). The Kier molecular flexibility index (Phi) is 6.01. The Labute approximate surface area is 174 Å². The van der Waals surface area contributed by atoms with Crippen LogP contribution < -0.4 is 10.9 Å². The number of aromatic nitrogens is 2. The van der Waals surface area contributed by atoms with Crippen LogP contribution in [0.15, 0.2) is 46.3 Å². The Morgan fingerprint density at radius 2 is 1.81 bits per heavy atom. The number of halogens is 3. The van der Waals surface area contributed by atoms with Crippen molar-refractivity contribution in [1.82, 2.24) is 9.55 Å². The van der Waals surface area contributed by atoms with E-state index in [4.69, 9.17) is 34.8 Å². The van der Waals surface area contributed by atoms with E-state index in [-0.39, 0.29) is 21.5 Å². The molecule has 0 spiro atoms. The van der Waals surface area contributed by atoms with Crippen LogP contribution in [-0.2, 0) is 11.8 Å². The number of hydrogen-bond acceptors (Lipinski definition) is 4. The molecule has 1 amide bonds. The van der Waals surface area contributed by atoms with Gasteiger partial charge in [-0.2, -0.15) is 0 Å². The molecule has 1 aromatic heterocycles. The number of rotatable bonds is 4. The fourth-order valence-corrected chi connectivity index (χ4v) is 4.19. The Hall–Kier alpha value is -1.73. The number of thioether (sulfide) groups is 1. The van der Waals surface area contributed by atoms with E-state index in [0.717, 1.165) is 0 Å². The molecular weight excluding hydrogens is 429 g/mol. The lowest BCUT2D eigenvalue weighted by atomic mass is 10.2. The largest absolute Gasteiger partial charge is 0.323 e. The molecule has 0 aliphatic heterocycles. The van der Waals surface area contributed by atoms with Gasteiger partial charge in [0, 0.05) is 12.1 Å². The fraction of sp³-hybridized carbons (Fsp3) is 0.167. The molecule has 0 radical (unpaired) electrons. The predicted molar refractivity (Wildman–Crippen MR) is 112 cm³/mol. The normalized spacial score (nSPS) is 12.2. The van der Waals surface area contributed by atoms with Gasteiger partial charge >= 0.3 is 0 Å². The third kappa shape index (κ3) is 4.24. The molecule has 0 fully saturated rings. The summed E-state index contributed by atoms with van der Waals surface area (Å²) in [6, 6.07) is 10.1. The highest BCUT2D eigenvalue weighted by atomic mass is 35.5. The number of carbonyl (C=O) groups excluding carboxylic acids is 1. The van der Waals surface area contributed by atoms with Gasteiger partial charge in [-0.3, -0.25) is 14.2 Å². The van der Waals surface area contributed by atoms with Crippen molar-refractivity contribution < 1.29 is 4.79 Å². The van der Waals surface area contributed by atoms with E-state index >= 15 is 0 Å². The summed E-state index contributed by atoms with van der Waals surface area (Å²) in [4.78, 5) is 29.5. The number of fused-ring (bicyclic) bond motifs is 1. The van der Waals surface area contributed by atoms with Crippen LogP contribution in [0.3, 0.4) is 0 Å². The van der Waals surface area contributed by atoms with E-state index in [1.807, 2.05) is 6.07 Å². The minimum Gasteiger partial charge on any atom is -0.323 e. The van der Waals surface area contributed by atoms with Crippen molar-refractivity contribution in [2.75, 3.05) is 5.32 Å². The summed E-state index contributed by atoms with van der Waals surface area (Å²) in [6.07, 6.45) is 0. The Morgan fingerprint density at radius 3 is 2.48 bits per heavy atom. The van der Waals surface area contributed by atoms with Crippen molar-refractivity contribution in [2.45, 2.75) is 17.3 Å². The minimum atomic E-state index is -0.549. The molecule has 0 aliphatic rings. The van der Waals surface area contributed by atoms with E-state index in [0.29, 0.717) is 26.8 Å². The highest BCUT2D eigenvalue weighted by Gasteiger charge is 2.20. The van der Waals surface area contributed by atoms with Gasteiger partial charge in [0.2, 0.25) is 5.91 Å². The summed E-state index contributed by atoms with van der Waals surface area (Å²) in [5.74, 6) is -0.325. The number of anilines is 1. The van der Waals surface area contributed by atoms with E-state index in [9.17, 15) is 9.59 Å². The lowest BCUT2D eigenvalue weighted by molar-refractivity contribution is -0.115. The molecule has 1 heterocycles. The highest BCUT2D eigenvalue weighted by Crippen LogP contribution is 2.34. The zero-order chi connectivity index (χ0) is 19.7. The Morgan fingerprint density at radius 1 is 1.19 bits per heavy atom. The quantitative estimate of drug-likeness (QED) is 0.455. The first-order chi connectivity index (χ1) is 12.8. The van der Waals surface area contributed by atoms with Gasteiger partial charge in [-0.1, -0.05) is 58.7 Å². The van der Waals surface area contributed by atoms with E-state index in [1.165, 1.54) is 28.5 Å². The molecule has 2 aromatic carbocycles. The molecule has 0 aliphatic carbocycles. The van der Waals surface area contributed by atoms with Gasteiger partial charge in [0.05, 0.1) is 31.9 Å². The lowest BCUT2D eigenvalue weighted by Crippen LogP contribution is -2.25. The van der Waals surface area contributed by atoms with E-state index in [1.54, 1.807) is 32.2 Å². The first kappa shape index (κ1) is 20.0. The second kappa shape index (κ2) is 8.10. The van der Waals surface area contributed by atoms with Crippen LogP contribution in [0.1, 0.15) is 6.92 Å². The van der Waals surface area contributed by atoms with Crippen LogP contribution in [0.25, 0.3) is 10.9 Å². The van der Waals surface area contributed by atoms with Crippen LogP contribution in [0.5, 0.6) is 0 Å². The van der Waals surface area contributed by atoms with Crippen LogP contribution in [0.2, 0.25) is 15.1 Å². The van der Waals surface area contributed by atoms with Crippen molar-refractivity contribution in [2.24, 2.45) is 7.05 Å². The monoisotopic (exact) mass is 441 g/mol. The number of nitrogens with zero attached hydrogens (tertiary/aromatic N) is 2. The third-order valence-electron chi connectivity index (χ3n) is 3.85. The number of hydrogen-bond donors (Lipinski definition) is 1. The van der Waals surface area contributed by atoms with Crippen molar-refractivity contribution in [3.8, 4) is 0 Å². The first-order valence-electron chi connectivity index (χ1n) is 7.85. The number of benzene rings is 2. The van der Waals surface area contributed by atoms with Gasteiger partial charge in [0.15, 0.2) is 5.16 Å². The van der Waals surface area contributed by atoms with Gasteiger partial charge in [0.1, 0.15) is 0 Å². The first-order valence-corrected chi connectivity index (χ1v) is 9.87. The maximum Gasteiger partial charge on any atom is 0.261 e. The predicted octanol–water partition coefficient (Wildman–Crippen LogP) is 5.01. The standard InChI is InChI=1S/C18H14Cl3N3O2S/c1-9(16(25)23-15-12(20)7-10(19)8-13(15)21)27-18-22-14-6-4-3-5-11(14)17(26)24(18)2/h3-9H,1-2H3,(H,23,25). The Bertz CT molecular complexity index is 1080. The summed E-state index contributed by atoms with van der Waals surface area (Å²) in [6.45, 7) is 1.71. The van der Waals surface area contributed by atoms with Gasteiger partial charge in [-0.15, -0.1) is 0 Å². The molecule has 1 N–H and O–H groups in total. The molecule has 0 saturated heterocycles. The topological polar surface area (TPSA) is 64.0 Å². The summed E-state index contributed by atoms with van der Waals surface area (Å²) in [5, 5.41) is 3.98. The average molecular weight is 443 g/mol. The number of para-hydroxylation sites is 1. The molecular formula is C18H14Cl3N3O2S. The van der Waals surface area contributed by atoms with E-state index in [2.05, 4.69) is 10.3 Å². The molecule has 9 heteroatoms. The van der Waals surface area contributed by atoms with E-state index < -0.39 is 5.25 Å². The molecule has 1 unspecified atom stereocenters. The number of nitrogens with one attached hydrogen (secondary N) is 1. The maximum atomic E-state index is 12.6. The van der Waals surface area contributed by atoms with Crippen LogP contribution in [-0.4, -0.2) is 20.7 Å². The average Bonchev–Trinajstić information content (AvgIpc) is 2.62. The summed E-state index contributed by atoms with van der Waals surface area (Å²) in [5.41, 5.74) is 0.708. The number of carbonyl (C=O) groups is 1. The van der Waals surface area contributed by atoms with Crippen molar-refractivity contribution >= 4 is 69.1 Å². The SMILES string of the molecule is CC(Sc1nc2ccccc2c(=O)n1C)C(=O)Nc1c(Cl)cc(Cl)cc1Cl.